The van der Waals surface area contributed by atoms with Gasteiger partial charge in [0.15, 0.2) is 0 Å². The van der Waals surface area contributed by atoms with Crippen molar-refractivity contribution in [3.05, 3.63) is 95.6 Å². The molecule has 3 saturated carbocycles. The molecule has 2 aromatic carbocycles. The third-order valence-electron chi connectivity index (χ3n) is 10.9. The van der Waals surface area contributed by atoms with Crippen molar-refractivity contribution in [3.63, 3.8) is 0 Å². The molecule has 0 N–H and O–H groups in total. The van der Waals surface area contributed by atoms with Gasteiger partial charge >= 0.3 is 11.9 Å². The zero-order valence-corrected chi connectivity index (χ0v) is 24.3. The minimum Gasteiger partial charge on any atom is -0.459 e. The first-order chi connectivity index (χ1) is 19.8. The van der Waals surface area contributed by atoms with Crippen LogP contribution in [-0.4, -0.2) is 24.1 Å². The van der Waals surface area contributed by atoms with Gasteiger partial charge in [0.2, 0.25) is 0 Å². The van der Waals surface area contributed by atoms with Gasteiger partial charge in [0.25, 0.3) is 0 Å². The van der Waals surface area contributed by atoms with Crippen molar-refractivity contribution in [1.82, 2.24) is 0 Å². The van der Waals surface area contributed by atoms with Gasteiger partial charge in [-0.15, -0.1) is 0 Å². The standard InChI is InChI=1S/C37H42O4/c1-36-23-21-29(40-34(38)19-13-26-9-5-3-6-10-26)25-28(36)15-16-30-31-17-18-33(37(31,2)24-22-32(30)36)41-35(39)20-14-27-11-7-4-8-12-27/h3-15,19-20,29-33H,16-18,21-25H2,1-2H3/b19-13+,20-14+/t29-,30-,31-,32-,33-,36-,37-/m0/s1. The van der Waals surface area contributed by atoms with Gasteiger partial charge in [-0.05, 0) is 91.4 Å². The second-order valence-corrected chi connectivity index (χ2v) is 13.1. The molecule has 0 heterocycles. The molecule has 6 rings (SSSR count). The fourth-order valence-corrected chi connectivity index (χ4v) is 8.71. The third kappa shape index (κ3) is 5.58. The van der Waals surface area contributed by atoms with Gasteiger partial charge in [-0.1, -0.05) is 86.2 Å². The van der Waals surface area contributed by atoms with Crippen LogP contribution in [0.25, 0.3) is 12.2 Å². The van der Waals surface area contributed by atoms with E-state index in [0.717, 1.165) is 56.1 Å². The number of fused-ring (bicyclic) bond motifs is 5. The first-order valence-electron chi connectivity index (χ1n) is 15.4. The number of allylic oxidation sites excluding steroid dienone is 1. The predicted molar refractivity (Wildman–Crippen MR) is 162 cm³/mol. The lowest BCUT2D eigenvalue weighted by Crippen LogP contribution is -2.51. The molecule has 0 amide bonds. The molecule has 0 radical (unpaired) electrons. The maximum atomic E-state index is 12.8. The second kappa shape index (κ2) is 11.5. The van der Waals surface area contributed by atoms with Crippen molar-refractivity contribution in [3.8, 4) is 0 Å². The van der Waals surface area contributed by atoms with Crippen LogP contribution in [0.3, 0.4) is 0 Å². The van der Waals surface area contributed by atoms with Crippen molar-refractivity contribution >= 4 is 24.1 Å². The number of hydrogen-bond acceptors (Lipinski definition) is 4. The zero-order chi connectivity index (χ0) is 28.5. The molecule has 214 valence electrons. The summed E-state index contributed by atoms with van der Waals surface area (Å²) in [6.07, 6.45) is 17.5. The number of ether oxygens (including phenoxy) is 2. The highest BCUT2D eigenvalue weighted by Crippen LogP contribution is 2.65. The van der Waals surface area contributed by atoms with Gasteiger partial charge in [-0.2, -0.15) is 0 Å². The second-order valence-electron chi connectivity index (χ2n) is 13.1. The lowest BCUT2D eigenvalue weighted by atomic mass is 9.48. The Balaban J connectivity index is 1.08. The Morgan fingerprint density at radius 3 is 2.05 bits per heavy atom. The quantitative estimate of drug-likeness (QED) is 0.207. The molecular weight excluding hydrogens is 508 g/mol. The molecule has 0 spiro atoms. The molecule has 0 aromatic heterocycles. The van der Waals surface area contributed by atoms with Gasteiger partial charge in [0.05, 0.1) is 0 Å². The van der Waals surface area contributed by atoms with Crippen molar-refractivity contribution in [2.75, 3.05) is 0 Å². The molecule has 41 heavy (non-hydrogen) atoms. The molecule has 2 aromatic rings. The van der Waals surface area contributed by atoms with Crippen LogP contribution in [0.1, 0.15) is 76.3 Å². The van der Waals surface area contributed by atoms with E-state index >= 15 is 0 Å². The number of rotatable bonds is 6. The van der Waals surface area contributed by atoms with Crippen LogP contribution in [0.15, 0.2) is 84.5 Å². The molecule has 0 bridgehead atoms. The summed E-state index contributed by atoms with van der Waals surface area (Å²) in [4.78, 5) is 25.3. The van der Waals surface area contributed by atoms with Gasteiger partial charge in [-0.3, -0.25) is 0 Å². The van der Waals surface area contributed by atoms with E-state index in [0.29, 0.717) is 17.8 Å². The first-order valence-corrected chi connectivity index (χ1v) is 15.4. The number of benzene rings is 2. The topological polar surface area (TPSA) is 52.6 Å². The van der Waals surface area contributed by atoms with Crippen molar-refractivity contribution in [1.29, 1.82) is 0 Å². The number of hydrogen-bond donors (Lipinski definition) is 0. The molecule has 0 aliphatic heterocycles. The summed E-state index contributed by atoms with van der Waals surface area (Å²) in [6, 6.07) is 19.8. The van der Waals surface area contributed by atoms with Crippen molar-refractivity contribution in [2.24, 2.45) is 28.6 Å². The lowest BCUT2D eigenvalue weighted by molar-refractivity contribution is -0.153. The smallest absolute Gasteiger partial charge is 0.331 e. The Labute approximate surface area is 244 Å². The SMILES string of the molecule is C[C@]12CC[C@H]3[C@@H](CC=C4C[C@@H](OC(=O)/C=C/c5ccccc5)CC[C@@]43C)[C@@H]1CC[C@@H]2OC(=O)/C=C/c1ccccc1. The molecule has 4 aliphatic rings. The fraction of sp³-hybridized carbons (Fsp3) is 0.459. The van der Waals surface area contributed by atoms with Crippen LogP contribution < -0.4 is 0 Å². The van der Waals surface area contributed by atoms with E-state index in [1.54, 1.807) is 12.2 Å². The monoisotopic (exact) mass is 550 g/mol. The predicted octanol–water partition coefficient (Wildman–Crippen LogP) is 8.20. The highest BCUT2D eigenvalue weighted by atomic mass is 16.5. The fourth-order valence-electron chi connectivity index (χ4n) is 8.71. The Hall–Kier alpha value is -3.40. The molecule has 4 heteroatoms. The largest absolute Gasteiger partial charge is 0.459 e. The van der Waals surface area contributed by atoms with Crippen LogP contribution in [0.5, 0.6) is 0 Å². The normalized spacial score (nSPS) is 34.4. The minimum atomic E-state index is -0.254. The van der Waals surface area contributed by atoms with Crippen molar-refractivity contribution in [2.45, 2.75) is 77.4 Å². The van der Waals surface area contributed by atoms with Crippen LogP contribution in [0, 0.1) is 28.6 Å². The number of carbonyl (C=O) groups is 2. The summed E-state index contributed by atoms with van der Waals surface area (Å²) in [5.74, 6) is 1.36. The number of esters is 2. The Morgan fingerprint density at radius 1 is 0.756 bits per heavy atom. The summed E-state index contributed by atoms with van der Waals surface area (Å²) in [6.45, 7) is 4.84. The van der Waals surface area contributed by atoms with E-state index in [1.165, 1.54) is 12.0 Å². The minimum absolute atomic E-state index is 0.0151. The molecule has 4 nitrogen and oxygen atoms in total. The van der Waals surface area contributed by atoms with Crippen LogP contribution in [0.4, 0.5) is 0 Å². The summed E-state index contributed by atoms with van der Waals surface area (Å²) in [5, 5.41) is 0. The molecular formula is C37H42O4. The van der Waals surface area contributed by atoms with Crippen LogP contribution in [-0.2, 0) is 19.1 Å². The zero-order valence-electron chi connectivity index (χ0n) is 24.3. The van der Waals surface area contributed by atoms with Gasteiger partial charge in [0, 0.05) is 24.0 Å². The van der Waals surface area contributed by atoms with Crippen LogP contribution >= 0.6 is 0 Å². The highest BCUT2D eigenvalue weighted by Gasteiger charge is 2.59. The van der Waals surface area contributed by atoms with Crippen molar-refractivity contribution < 1.29 is 19.1 Å². The summed E-state index contributed by atoms with van der Waals surface area (Å²) in [5.41, 5.74) is 3.70. The average Bonchev–Trinajstić information content (AvgIpc) is 3.32. The molecule has 0 saturated heterocycles. The van der Waals surface area contributed by atoms with E-state index in [1.807, 2.05) is 72.8 Å². The molecule has 7 atom stereocenters. The summed E-state index contributed by atoms with van der Waals surface area (Å²) < 4.78 is 12.0. The highest BCUT2D eigenvalue weighted by molar-refractivity contribution is 5.87. The summed E-state index contributed by atoms with van der Waals surface area (Å²) in [7, 11) is 0. The van der Waals surface area contributed by atoms with E-state index < -0.39 is 0 Å². The first kappa shape index (κ1) is 27.8. The number of carbonyl (C=O) groups excluding carboxylic acids is 2. The maximum Gasteiger partial charge on any atom is 0.331 e. The van der Waals surface area contributed by atoms with E-state index in [2.05, 4.69) is 19.9 Å². The maximum absolute atomic E-state index is 12.8. The Morgan fingerprint density at radius 2 is 1.39 bits per heavy atom. The van der Waals surface area contributed by atoms with Gasteiger partial charge in [-0.25, -0.2) is 9.59 Å². The van der Waals surface area contributed by atoms with Gasteiger partial charge < -0.3 is 9.47 Å². The molecule has 4 aliphatic carbocycles. The molecule has 3 fully saturated rings. The van der Waals surface area contributed by atoms with E-state index in [9.17, 15) is 9.59 Å². The Bertz CT molecular complexity index is 1340. The van der Waals surface area contributed by atoms with Gasteiger partial charge in [0.1, 0.15) is 12.2 Å². The Kier molecular flexibility index (Phi) is 7.76. The average molecular weight is 551 g/mol. The summed E-state index contributed by atoms with van der Waals surface area (Å²) >= 11 is 0. The third-order valence-corrected chi connectivity index (χ3v) is 10.9. The molecule has 0 unspecified atom stereocenters. The van der Waals surface area contributed by atoms with Crippen LogP contribution in [0.2, 0.25) is 0 Å². The van der Waals surface area contributed by atoms with E-state index in [4.69, 9.17) is 9.47 Å². The lowest BCUT2D eigenvalue weighted by Gasteiger charge is -2.57. The van der Waals surface area contributed by atoms with E-state index in [-0.39, 0.29) is 35.0 Å².